The normalized spacial score (nSPS) is 22.0. The maximum atomic E-state index is 12.5. The number of hydrogen-bond acceptors (Lipinski definition) is 4. The zero-order chi connectivity index (χ0) is 18.8. The van der Waals surface area contributed by atoms with Gasteiger partial charge in [-0.15, -0.1) is 0 Å². The van der Waals surface area contributed by atoms with Gasteiger partial charge in [-0.2, -0.15) is 5.10 Å². The van der Waals surface area contributed by atoms with E-state index in [4.69, 9.17) is 0 Å². The van der Waals surface area contributed by atoms with Crippen molar-refractivity contribution >= 4 is 23.4 Å². The fraction of sp³-hybridized carbons (Fsp3) is 0.400. The number of imide groups is 1. The summed E-state index contributed by atoms with van der Waals surface area (Å²) in [6.45, 7) is 0.386. The van der Waals surface area contributed by atoms with Gasteiger partial charge in [0.05, 0.1) is 18.4 Å². The minimum Gasteiger partial charge on any atom is -0.325 e. The first-order valence-corrected chi connectivity index (χ1v) is 9.33. The van der Waals surface area contributed by atoms with Gasteiger partial charge in [0.1, 0.15) is 6.54 Å². The lowest BCUT2D eigenvalue weighted by atomic mass is 9.81. The Morgan fingerprint density at radius 3 is 2.52 bits per heavy atom. The number of aromatic nitrogens is 2. The van der Waals surface area contributed by atoms with E-state index in [1.165, 1.54) is 0 Å². The highest BCUT2D eigenvalue weighted by atomic mass is 16.2. The number of anilines is 1. The number of carbonyl (C=O) groups is 3. The third-order valence-electron chi connectivity index (χ3n) is 5.35. The highest BCUT2D eigenvalue weighted by Gasteiger charge is 2.48. The van der Waals surface area contributed by atoms with E-state index in [0.717, 1.165) is 36.1 Å². The van der Waals surface area contributed by atoms with E-state index >= 15 is 0 Å². The maximum absolute atomic E-state index is 12.5. The van der Waals surface area contributed by atoms with Gasteiger partial charge in [-0.25, -0.2) is 0 Å². The Morgan fingerprint density at radius 1 is 1.11 bits per heavy atom. The van der Waals surface area contributed by atoms with Crippen LogP contribution in [-0.4, -0.2) is 38.9 Å². The Hall–Kier alpha value is -2.96. The summed E-state index contributed by atoms with van der Waals surface area (Å²) in [6, 6.07) is 9.32. The van der Waals surface area contributed by atoms with Crippen LogP contribution in [0.5, 0.6) is 0 Å². The van der Waals surface area contributed by atoms with Gasteiger partial charge in [-0.05, 0) is 36.6 Å². The lowest BCUT2D eigenvalue weighted by Crippen LogP contribution is -2.38. The Kier molecular flexibility index (Phi) is 4.75. The summed E-state index contributed by atoms with van der Waals surface area (Å²) in [5.74, 6) is -1.18. The molecule has 1 aliphatic heterocycles. The Labute approximate surface area is 157 Å². The molecular formula is C20H22N4O3. The van der Waals surface area contributed by atoms with Gasteiger partial charge in [-0.3, -0.25) is 24.0 Å². The smallest absolute Gasteiger partial charge is 0.244 e. The second kappa shape index (κ2) is 7.34. The van der Waals surface area contributed by atoms with Crippen molar-refractivity contribution < 1.29 is 14.4 Å². The highest BCUT2D eigenvalue weighted by Crippen LogP contribution is 2.37. The highest BCUT2D eigenvalue weighted by molar-refractivity contribution is 6.08. The molecule has 0 radical (unpaired) electrons. The number of carbonyl (C=O) groups excluding carboxylic acids is 3. The van der Waals surface area contributed by atoms with Gasteiger partial charge in [0, 0.05) is 18.1 Å². The minimum absolute atomic E-state index is 0.188. The topological polar surface area (TPSA) is 84.3 Å². The average molecular weight is 366 g/mol. The van der Waals surface area contributed by atoms with Gasteiger partial charge in [-0.1, -0.05) is 25.0 Å². The molecule has 1 aromatic carbocycles. The van der Waals surface area contributed by atoms with Crippen LogP contribution in [0.2, 0.25) is 0 Å². The van der Waals surface area contributed by atoms with E-state index in [9.17, 15) is 14.4 Å². The molecule has 7 heteroatoms. The first-order chi connectivity index (χ1) is 13.1. The summed E-state index contributed by atoms with van der Waals surface area (Å²) in [7, 11) is 0. The van der Waals surface area contributed by atoms with E-state index in [0.29, 0.717) is 12.2 Å². The maximum Gasteiger partial charge on any atom is 0.244 e. The molecule has 1 saturated heterocycles. The van der Waals surface area contributed by atoms with E-state index in [1.807, 2.05) is 30.5 Å². The number of hydrogen-bond donors (Lipinski definition) is 1. The Balaban J connectivity index is 1.39. The Morgan fingerprint density at radius 2 is 1.85 bits per heavy atom. The average Bonchev–Trinajstić information content (AvgIpc) is 3.25. The summed E-state index contributed by atoms with van der Waals surface area (Å²) in [4.78, 5) is 38.5. The molecule has 7 nitrogen and oxygen atoms in total. The van der Waals surface area contributed by atoms with Crippen molar-refractivity contribution in [3.63, 3.8) is 0 Å². The summed E-state index contributed by atoms with van der Waals surface area (Å²) in [5, 5.41) is 6.97. The van der Waals surface area contributed by atoms with Crippen LogP contribution in [0.25, 0.3) is 0 Å². The molecule has 1 N–H and O–H groups in total. The van der Waals surface area contributed by atoms with Crippen molar-refractivity contribution in [2.45, 2.75) is 32.2 Å². The number of nitrogens with one attached hydrogen (secondary N) is 1. The van der Waals surface area contributed by atoms with Crippen molar-refractivity contribution in [2.75, 3.05) is 11.9 Å². The third-order valence-corrected chi connectivity index (χ3v) is 5.35. The van der Waals surface area contributed by atoms with Crippen molar-refractivity contribution in [2.24, 2.45) is 11.8 Å². The van der Waals surface area contributed by atoms with Crippen LogP contribution in [0.3, 0.4) is 0 Å². The second-order valence-electron chi connectivity index (χ2n) is 7.21. The van der Waals surface area contributed by atoms with Crippen molar-refractivity contribution in [3.8, 4) is 0 Å². The molecule has 2 aromatic rings. The molecule has 140 valence electrons. The zero-order valence-electron chi connectivity index (χ0n) is 15.0. The first-order valence-electron chi connectivity index (χ1n) is 9.33. The predicted molar refractivity (Wildman–Crippen MR) is 98.6 cm³/mol. The molecule has 3 amide bonds. The van der Waals surface area contributed by atoms with Crippen LogP contribution in [0.1, 0.15) is 31.2 Å². The molecule has 2 aliphatic rings. The van der Waals surface area contributed by atoms with Crippen molar-refractivity contribution in [3.05, 3.63) is 48.3 Å². The molecule has 2 atom stereocenters. The number of nitrogens with zero attached hydrogens (tertiary/aromatic N) is 3. The summed E-state index contributed by atoms with van der Waals surface area (Å²) in [5.41, 5.74) is 1.64. The number of benzene rings is 1. The molecule has 4 rings (SSSR count). The molecular weight excluding hydrogens is 344 g/mol. The second-order valence-corrected chi connectivity index (χ2v) is 7.21. The minimum atomic E-state index is -0.355. The summed E-state index contributed by atoms with van der Waals surface area (Å²) < 4.78 is 1.80. The number of rotatable bonds is 5. The van der Waals surface area contributed by atoms with E-state index in [-0.39, 0.29) is 36.1 Å². The third kappa shape index (κ3) is 3.63. The number of amides is 3. The van der Waals surface area contributed by atoms with Gasteiger partial charge in [0.15, 0.2) is 0 Å². The van der Waals surface area contributed by atoms with Crippen LogP contribution in [0.4, 0.5) is 5.69 Å². The van der Waals surface area contributed by atoms with E-state index in [2.05, 4.69) is 10.4 Å². The lowest BCUT2D eigenvalue weighted by molar-refractivity contribution is -0.142. The van der Waals surface area contributed by atoms with Gasteiger partial charge < -0.3 is 5.32 Å². The molecule has 0 bridgehead atoms. The molecule has 0 unspecified atom stereocenters. The van der Waals surface area contributed by atoms with Gasteiger partial charge in [0.25, 0.3) is 0 Å². The largest absolute Gasteiger partial charge is 0.325 e. The molecule has 2 heterocycles. The summed E-state index contributed by atoms with van der Waals surface area (Å²) >= 11 is 0. The standard InChI is InChI=1S/C20H22N4O3/c25-18(13-24-19(26)16-7-1-2-8-17(16)20(24)27)22-15-6-3-5-14(11-15)12-23-10-4-9-21-23/h3-6,9-11,16-17H,1-2,7-8,12-13H2,(H,22,25)/t16-,17-/m1/s1. The quantitative estimate of drug-likeness (QED) is 0.821. The number of fused-ring (bicyclic) bond motifs is 1. The lowest BCUT2D eigenvalue weighted by Gasteiger charge is -2.19. The van der Waals surface area contributed by atoms with Crippen LogP contribution >= 0.6 is 0 Å². The van der Waals surface area contributed by atoms with Gasteiger partial charge in [0.2, 0.25) is 17.7 Å². The zero-order valence-corrected chi connectivity index (χ0v) is 15.0. The number of likely N-dealkylation sites (tertiary alicyclic amines) is 1. The molecule has 1 aromatic heterocycles. The fourth-order valence-corrected chi connectivity index (χ4v) is 4.06. The monoisotopic (exact) mass is 366 g/mol. The van der Waals surface area contributed by atoms with Gasteiger partial charge >= 0.3 is 0 Å². The molecule has 1 aliphatic carbocycles. The first kappa shape index (κ1) is 17.5. The molecule has 27 heavy (non-hydrogen) atoms. The van der Waals surface area contributed by atoms with E-state index in [1.54, 1.807) is 16.9 Å². The van der Waals surface area contributed by atoms with Crippen LogP contribution in [0, 0.1) is 11.8 Å². The van der Waals surface area contributed by atoms with Crippen LogP contribution in [-0.2, 0) is 20.9 Å². The fourth-order valence-electron chi connectivity index (χ4n) is 4.06. The van der Waals surface area contributed by atoms with Crippen LogP contribution < -0.4 is 5.32 Å². The molecule has 2 fully saturated rings. The molecule has 1 saturated carbocycles. The Bertz CT molecular complexity index is 838. The molecule has 0 spiro atoms. The predicted octanol–water partition coefficient (Wildman–Crippen LogP) is 2.05. The SMILES string of the molecule is O=C(CN1C(=O)[C@@H]2CCCC[C@H]2C1=O)Nc1cccc(Cn2cccn2)c1. The van der Waals surface area contributed by atoms with Crippen molar-refractivity contribution in [1.82, 2.24) is 14.7 Å². The summed E-state index contributed by atoms with van der Waals surface area (Å²) in [6.07, 6.45) is 7.04. The van der Waals surface area contributed by atoms with Crippen LogP contribution in [0.15, 0.2) is 42.7 Å². The van der Waals surface area contributed by atoms with Crippen molar-refractivity contribution in [1.29, 1.82) is 0 Å². The van der Waals surface area contributed by atoms with E-state index < -0.39 is 0 Å².